The highest BCUT2D eigenvalue weighted by Gasteiger charge is 2.24. The van der Waals surface area contributed by atoms with Gasteiger partial charge in [-0.15, -0.1) is 0 Å². The molecule has 2 atom stereocenters. The number of nitrogens with zero attached hydrogens (tertiary/aromatic N) is 1. The highest BCUT2D eigenvalue weighted by molar-refractivity contribution is 5.56. The van der Waals surface area contributed by atoms with Crippen molar-refractivity contribution in [2.24, 2.45) is 0 Å². The van der Waals surface area contributed by atoms with Gasteiger partial charge in [-0.2, -0.15) is 0 Å². The van der Waals surface area contributed by atoms with E-state index in [1.807, 2.05) is 4.90 Å². The van der Waals surface area contributed by atoms with E-state index in [1.54, 1.807) is 19.1 Å². The van der Waals surface area contributed by atoms with Crippen molar-refractivity contribution in [3.05, 3.63) is 29.6 Å². The first-order valence-corrected chi connectivity index (χ1v) is 6.46. The fourth-order valence-corrected chi connectivity index (χ4v) is 2.37. The van der Waals surface area contributed by atoms with Crippen molar-refractivity contribution in [2.45, 2.75) is 32.5 Å². The summed E-state index contributed by atoms with van der Waals surface area (Å²) < 4.78 is 19.6. The van der Waals surface area contributed by atoms with Crippen LogP contribution in [0, 0.1) is 5.82 Å². The molecule has 100 valence electrons. The van der Waals surface area contributed by atoms with Gasteiger partial charge in [-0.05, 0) is 19.4 Å². The average molecular weight is 253 g/mol. The summed E-state index contributed by atoms with van der Waals surface area (Å²) in [6, 6.07) is 4.86. The number of aliphatic hydroxyl groups is 1. The third-order valence-corrected chi connectivity index (χ3v) is 3.38. The molecule has 1 aliphatic rings. The SMILES string of the molecule is CCC1CN(c2c(F)cccc2C(C)O)CCO1. The topological polar surface area (TPSA) is 32.7 Å². The number of morpholine rings is 1. The number of rotatable bonds is 3. The Morgan fingerprint density at radius 3 is 3.00 bits per heavy atom. The van der Waals surface area contributed by atoms with Crippen LogP contribution in [0.2, 0.25) is 0 Å². The standard InChI is InChI=1S/C14H20FNO2/c1-3-11-9-16(7-8-18-11)14-12(10(2)17)5-4-6-13(14)15/h4-6,10-11,17H,3,7-9H2,1-2H3. The zero-order valence-electron chi connectivity index (χ0n) is 10.9. The van der Waals surface area contributed by atoms with E-state index in [9.17, 15) is 9.50 Å². The number of benzene rings is 1. The van der Waals surface area contributed by atoms with E-state index in [-0.39, 0.29) is 11.9 Å². The van der Waals surface area contributed by atoms with Crippen molar-refractivity contribution in [3.8, 4) is 0 Å². The normalized spacial score (nSPS) is 22.0. The first kappa shape index (κ1) is 13.3. The molecular formula is C14H20FNO2. The summed E-state index contributed by atoms with van der Waals surface area (Å²) in [4.78, 5) is 1.98. The Kier molecular flexibility index (Phi) is 4.19. The number of anilines is 1. The lowest BCUT2D eigenvalue weighted by molar-refractivity contribution is 0.0380. The summed E-state index contributed by atoms with van der Waals surface area (Å²) >= 11 is 0. The number of hydrogen-bond donors (Lipinski definition) is 1. The lowest BCUT2D eigenvalue weighted by atomic mass is 10.1. The van der Waals surface area contributed by atoms with Gasteiger partial charge in [0.15, 0.2) is 0 Å². The Bertz CT molecular complexity index is 409. The van der Waals surface area contributed by atoms with Crippen LogP contribution in [0.25, 0.3) is 0 Å². The fourth-order valence-electron chi connectivity index (χ4n) is 2.37. The smallest absolute Gasteiger partial charge is 0.146 e. The van der Waals surface area contributed by atoms with Gasteiger partial charge in [0, 0.05) is 18.7 Å². The molecule has 0 bridgehead atoms. The molecule has 0 aliphatic carbocycles. The molecule has 2 rings (SSSR count). The first-order valence-electron chi connectivity index (χ1n) is 6.46. The van der Waals surface area contributed by atoms with Gasteiger partial charge in [-0.1, -0.05) is 19.1 Å². The molecule has 1 aliphatic heterocycles. The monoisotopic (exact) mass is 253 g/mol. The molecule has 3 nitrogen and oxygen atoms in total. The molecule has 4 heteroatoms. The van der Waals surface area contributed by atoms with Crippen LogP contribution in [0.1, 0.15) is 31.9 Å². The lowest BCUT2D eigenvalue weighted by Crippen LogP contribution is -2.43. The quantitative estimate of drug-likeness (QED) is 0.898. The van der Waals surface area contributed by atoms with Gasteiger partial charge in [0.1, 0.15) is 5.82 Å². The van der Waals surface area contributed by atoms with Crippen LogP contribution in [-0.2, 0) is 4.74 Å². The van der Waals surface area contributed by atoms with Crippen LogP contribution in [0.5, 0.6) is 0 Å². The number of ether oxygens (including phenoxy) is 1. The summed E-state index contributed by atoms with van der Waals surface area (Å²) in [5, 5.41) is 9.76. The van der Waals surface area contributed by atoms with E-state index in [2.05, 4.69) is 6.92 Å². The molecule has 1 N–H and O–H groups in total. The number of aliphatic hydroxyl groups excluding tert-OH is 1. The van der Waals surface area contributed by atoms with Crippen LogP contribution < -0.4 is 4.90 Å². The maximum Gasteiger partial charge on any atom is 0.146 e. The molecule has 0 spiro atoms. The number of halogens is 1. The highest BCUT2D eigenvalue weighted by Crippen LogP contribution is 2.30. The van der Waals surface area contributed by atoms with Gasteiger partial charge in [0.25, 0.3) is 0 Å². The predicted octanol–water partition coefficient (Wildman–Crippen LogP) is 2.49. The highest BCUT2D eigenvalue weighted by atomic mass is 19.1. The third kappa shape index (κ3) is 2.65. The van der Waals surface area contributed by atoms with Crippen molar-refractivity contribution in [1.29, 1.82) is 0 Å². The molecule has 0 saturated carbocycles. The van der Waals surface area contributed by atoms with Crippen LogP contribution in [0.15, 0.2) is 18.2 Å². The second-order valence-corrected chi connectivity index (χ2v) is 4.70. The van der Waals surface area contributed by atoms with Gasteiger partial charge < -0.3 is 14.7 Å². The second-order valence-electron chi connectivity index (χ2n) is 4.70. The van der Waals surface area contributed by atoms with E-state index in [0.717, 1.165) is 6.42 Å². The lowest BCUT2D eigenvalue weighted by Gasteiger charge is -2.35. The number of hydrogen-bond acceptors (Lipinski definition) is 3. The second kappa shape index (κ2) is 5.67. The minimum absolute atomic E-state index is 0.139. The summed E-state index contributed by atoms with van der Waals surface area (Å²) in [5.74, 6) is -0.273. The van der Waals surface area contributed by atoms with E-state index < -0.39 is 6.10 Å². The zero-order chi connectivity index (χ0) is 13.1. The molecule has 1 aromatic rings. The van der Waals surface area contributed by atoms with Gasteiger partial charge in [-0.3, -0.25) is 0 Å². The predicted molar refractivity (Wildman–Crippen MR) is 69.3 cm³/mol. The Balaban J connectivity index is 2.31. The molecule has 1 heterocycles. The summed E-state index contributed by atoms with van der Waals surface area (Å²) in [6.45, 7) is 5.67. The Labute approximate surface area is 107 Å². The third-order valence-electron chi connectivity index (χ3n) is 3.38. The Morgan fingerprint density at radius 2 is 2.33 bits per heavy atom. The zero-order valence-corrected chi connectivity index (χ0v) is 10.9. The average Bonchev–Trinajstić information content (AvgIpc) is 2.38. The Morgan fingerprint density at radius 1 is 1.56 bits per heavy atom. The van der Waals surface area contributed by atoms with Crippen molar-refractivity contribution < 1.29 is 14.2 Å². The Hall–Kier alpha value is -1.13. The van der Waals surface area contributed by atoms with Crippen LogP contribution in [0.4, 0.5) is 10.1 Å². The van der Waals surface area contributed by atoms with Crippen molar-refractivity contribution >= 4 is 5.69 Å². The van der Waals surface area contributed by atoms with Crippen LogP contribution in [0.3, 0.4) is 0 Å². The van der Waals surface area contributed by atoms with E-state index >= 15 is 0 Å². The van der Waals surface area contributed by atoms with Gasteiger partial charge >= 0.3 is 0 Å². The molecular weight excluding hydrogens is 233 g/mol. The van der Waals surface area contributed by atoms with Crippen molar-refractivity contribution in [3.63, 3.8) is 0 Å². The number of para-hydroxylation sites is 1. The van der Waals surface area contributed by atoms with Crippen LogP contribution in [-0.4, -0.2) is 30.9 Å². The first-order chi connectivity index (χ1) is 8.63. The van der Waals surface area contributed by atoms with Crippen molar-refractivity contribution in [1.82, 2.24) is 0 Å². The minimum Gasteiger partial charge on any atom is -0.389 e. The van der Waals surface area contributed by atoms with Crippen LogP contribution >= 0.6 is 0 Å². The van der Waals surface area contributed by atoms with E-state index in [1.165, 1.54) is 6.07 Å². The molecule has 1 saturated heterocycles. The molecule has 0 radical (unpaired) electrons. The summed E-state index contributed by atoms with van der Waals surface area (Å²) in [6.07, 6.45) is 0.383. The van der Waals surface area contributed by atoms with Crippen molar-refractivity contribution in [2.75, 3.05) is 24.6 Å². The molecule has 1 fully saturated rings. The molecule has 1 aromatic carbocycles. The van der Waals surface area contributed by atoms with E-state index in [0.29, 0.717) is 30.9 Å². The maximum absolute atomic E-state index is 14.0. The molecule has 18 heavy (non-hydrogen) atoms. The molecule has 0 aromatic heterocycles. The molecule has 0 amide bonds. The van der Waals surface area contributed by atoms with Gasteiger partial charge in [0.05, 0.1) is 24.5 Å². The molecule has 2 unspecified atom stereocenters. The minimum atomic E-state index is -0.668. The van der Waals surface area contributed by atoms with E-state index in [4.69, 9.17) is 4.74 Å². The summed E-state index contributed by atoms with van der Waals surface area (Å²) in [7, 11) is 0. The van der Waals surface area contributed by atoms with Gasteiger partial charge in [0.2, 0.25) is 0 Å². The largest absolute Gasteiger partial charge is 0.389 e. The fraction of sp³-hybridized carbons (Fsp3) is 0.571. The maximum atomic E-state index is 14.0. The summed E-state index contributed by atoms with van der Waals surface area (Å²) in [5.41, 5.74) is 1.17. The van der Waals surface area contributed by atoms with Gasteiger partial charge in [-0.25, -0.2) is 4.39 Å².